The summed E-state index contributed by atoms with van der Waals surface area (Å²) in [6.45, 7) is 4.69. The molecular formula is C9H18FN. The third-order valence-electron chi connectivity index (χ3n) is 2.57. The van der Waals surface area contributed by atoms with Crippen LogP contribution in [0.4, 0.5) is 4.39 Å². The molecule has 11 heavy (non-hydrogen) atoms. The molecule has 0 saturated carbocycles. The second-order valence-corrected chi connectivity index (χ2v) is 3.76. The van der Waals surface area contributed by atoms with Crippen LogP contribution in [0, 0.1) is 0 Å². The lowest BCUT2D eigenvalue weighted by Crippen LogP contribution is -2.30. The van der Waals surface area contributed by atoms with Crippen LogP contribution < -0.4 is 5.32 Å². The monoisotopic (exact) mass is 159 g/mol. The molecule has 0 radical (unpaired) electrons. The summed E-state index contributed by atoms with van der Waals surface area (Å²) in [5, 5.41) is 3.31. The van der Waals surface area contributed by atoms with Crippen LogP contribution in [0.5, 0.6) is 0 Å². The Hall–Kier alpha value is -0.110. The fourth-order valence-corrected chi connectivity index (χ4v) is 1.59. The summed E-state index contributed by atoms with van der Waals surface area (Å²) < 4.78 is 13.4. The maximum atomic E-state index is 13.4. The molecule has 2 heteroatoms. The summed E-state index contributed by atoms with van der Waals surface area (Å²) in [6, 6.07) is 0.435. The first-order chi connectivity index (χ1) is 5.14. The molecule has 2 atom stereocenters. The highest BCUT2D eigenvalue weighted by Gasteiger charge is 2.26. The van der Waals surface area contributed by atoms with Crippen LogP contribution in [0.1, 0.15) is 39.5 Å². The van der Waals surface area contributed by atoms with Crippen molar-refractivity contribution in [2.24, 2.45) is 0 Å². The summed E-state index contributed by atoms with van der Waals surface area (Å²) in [5.41, 5.74) is -0.956. The van der Waals surface area contributed by atoms with E-state index in [1.807, 2.05) is 6.92 Å². The Balaban J connectivity index is 2.28. The lowest BCUT2D eigenvalue weighted by Gasteiger charge is -2.22. The summed E-state index contributed by atoms with van der Waals surface area (Å²) in [5.74, 6) is 0. The van der Waals surface area contributed by atoms with E-state index in [1.165, 1.54) is 6.42 Å². The largest absolute Gasteiger partial charge is 0.314 e. The van der Waals surface area contributed by atoms with Gasteiger partial charge in [0.1, 0.15) is 5.67 Å². The van der Waals surface area contributed by atoms with Crippen LogP contribution in [0.2, 0.25) is 0 Å². The van der Waals surface area contributed by atoms with Gasteiger partial charge in [-0.15, -0.1) is 0 Å². The number of halogens is 1. The SMILES string of the molecule is CCC(C)(F)CC1CCCN1. The summed E-state index contributed by atoms with van der Waals surface area (Å²) in [6.07, 6.45) is 3.68. The third-order valence-corrected chi connectivity index (χ3v) is 2.57. The number of hydrogen-bond donors (Lipinski definition) is 1. The van der Waals surface area contributed by atoms with Gasteiger partial charge in [-0.05, 0) is 39.2 Å². The highest BCUT2D eigenvalue weighted by molar-refractivity contribution is 4.83. The van der Waals surface area contributed by atoms with Gasteiger partial charge in [0.2, 0.25) is 0 Å². The van der Waals surface area contributed by atoms with Crippen LogP contribution in [0.25, 0.3) is 0 Å². The lowest BCUT2D eigenvalue weighted by atomic mass is 9.95. The first-order valence-corrected chi connectivity index (χ1v) is 4.56. The van der Waals surface area contributed by atoms with E-state index in [0.717, 1.165) is 13.0 Å². The predicted molar refractivity (Wildman–Crippen MR) is 45.4 cm³/mol. The molecule has 0 aromatic heterocycles. The quantitative estimate of drug-likeness (QED) is 0.666. The van der Waals surface area contributed by atoms with Gasteiger partial charge in [-0.1, -0.05) is 6.92 Å². The number of nitrogens with one attached hydrogen (secondary N) is 1. The molecule has 1 fully saturated rings. The Morgan fingerprint density at radius 3 is 2.82 bits per heavy atom. The van der Waals surface area contributed by atoms with Crippen LogP contribution in [0.15, 0.2) is 0 Å². The van der Waals surface area contributed by atoms with Gasteiger partial charge in [-0.2, -0.15) is 0 Å². The van der Waals surface area contributed by atoms with E-state index in [0.29, 0.717) is 18.9 Å². The molecule has 1 N–H and O–H groups in total. The van der Waals surface area contributed by atoms with Crippen molar-refractivity contribution in [3.8, 4) is 0 Å². The van der Waals surface area contributed by atoms with Crippen LogP contribution in [-0.2, 0) is 0 Å². The molecule has 1 heterocycles. The Kier molecular flexibility index (Phi) is 2.88. The predicted octanol–water partition coefficient (Wildman–Crippen LogP) is 2.27. The van der Waals surface area contributed by atoms with E-state index < -0.39 is 5.67 Å². The van der Waals surface area contributed by atoms with Crippen molar-refractivity contribution in [3.63, 3.8) is 0 Å². The average molecular weight is 159 g/mol. The van der Waals surface area contributed by atoms with Gasteiger partial charge in [0, 0.05) is 6.04 Å². The minimum Gasteiger partial charge on any atom is -0.314 e. The number of alkyl halides is 1. The van der Waals surface area contributed by atoms with Gasteiger partial charge in [0.05, 0.1) is 0 Å². The zero-order valence-corrected chi connectivity index (χ0v) is 7.49. The molecule has 1 rings (SSSR count). The van der Waals surface area contributed by atoms with Crippen LogP contribution in [-0.4, -0.2) is 18.3 Å². The molecule has 0 aromatic carbocycles. The van der Waals surface area contributed by atoms with Crippen LogP contribution in [0.3, 0.4) is 0 Å². The maximum absolute atomic E-state index is 13.4. The van der Waals surface area contributed by atoms with Crippen molar-refractivity contribution in [1.82, 2.24) is 5.32 Å². The molecule has 66 valence electrons. The molecule has 0 amide bonds. The Morgan fingerprint density at radius 1 is 1.64 bits per heavy atom. The summed E-state index contributed by atoms with van der Waals surface area (Å²) >= 11 is 0. The van der Waals surface area contributed by atoms with Crippen molar-refractivity contribution >= 4 is 0 Å². The number of rotatable bonds is 3. The van der Waals surface area contributed by atoms with Crippen molar-refractivity contribution in [2.75, 3.05) is 6.54 Å². The van der Waals surface area contributed by atoms with Gasteiger partial charge < -0.3 is 5.32 Å². The van der Waals surface area contributed by atoms with Gasteiger partial charge >= 0.3 is 0 Å². The van der Waals surface area contributed by atoms with Crippen molar-refractivity contribution in [2.45, 2.75) is 51.2 Å². The Bertz CT molecular complexity index is 117. The Morgan fingerprint density at radius 2 is 2.36 bits per heavy atom. The molecule has 0 spiro atoms. The highest BCUT2D eigenvalue weighted by atomic mass is 19.1. The van der Waals surface area contributed by atoms with E-state index >= 15 is 0 Å². The fraction of sp³-hybridized carbons (Fsp3) is 1.00. The molecular weight excluding hydrogens is 141 g/mol. The van der Waals surface area contributed by atoms with Crippen molar-refractivity contribution in [3.05, 3.63) is 0 Å². The molecule has 1 aliphatic heterocycles. The van der Waals surface area contributed by atoms with Gasteiger partial charge in [0.25, 0.3) is 0 Å². The van der Waals surface area contributed by atoms with Gasteiger partial charge in [0.15, 0.2) is 0 Å². The molecule has 0 bridgehead atoms. The molecule has 1 aliphatic rings. The first kappa shape index (κ1) is 8.98. The van der Waals surface area contributed by atoms with Gasteiger partial charge in [-0.3, -0.25) is 0 Å². The smallest absolute Gasteiger partial charge is 0.109 e. The fourth-order valence-electron chi connectivity index (χ4n) is 1.59. The first-order valence-electron chi connectivity index (χ1n) is 4.56. The van der Waals surface area contributed by atoms with E-state index in [2.05, 4.69) is 5.32 Å². The number of hydrogen-bond acceptors (Lipinski definition) is 1. The zero-order chi connectivity index (χ0) is 8.32. The topological polar surface area (TPSA) is 12.0 Å². The van der Waals surface area contributed by atoms with Gasteiger partial charge in [-0.25, -0.2) is 4.39 Å². The molecule has 1 saturated heterocycles. The summed E-state index contributed by atoms with van der Waals surface area (Å²) in [7, 11) is 0. The molecule has 0 aromatic rings. The zero-order valence-electron chi connectivity index (χ0n) is 7.49. The third kappa shape index (κ3) is 2.78. The second-order valence-electron chi connectivity index (χ2n) is 3.76. The summed E-state index contributed by atoms with van der Waals surface area (Å²) in [4.78, 5) is 0. The van der Waals surface area contributed by atoms with E-state index in [1.54, 1.807) is 6.92 Å². The normalized spacial score (nSPS) is 30.3. The standard InChI is InChI=1S/C9H18FN/c1-3-9(2,10)7-8-5-4-6-11-8/h8,11H,3-7H2,1-2H3. The Labute approximate surface area is 68.4 Å². The lowest BCUT2D eigenvalue weighted by molar-refractivity contribution is 0.153. The maximum Gasteiger partial charge on any atom is 0.109 e. The highest BCUT2D eigenvalue weighted by Crippen LogP contribution is 2.24. The average Bonchev–Trinajstić information content (AvgIpc) is 2.39. The molecule has 1 nitrogen and oxygen atoms in total. The minimum atomic E-state index is -0.956. The van der Waals surface area contributed by atoms with Crippen LogP contribution >= 0.6 is 0 Å². The minimum absolute atomic E-state index is 0.435. The van der Waals surface area contributed by atoms with Crippen molar-refractivity contribution in [1.29, 1.82) is 0 Å². The van der Waals surface area contributed by atoms with E-state index in [9.17, 15) is 4.39 Å². The molecule has 0 aliphatic carbocycles. The van der Waals surface area contributed by atoms with Crippen molar-refractivity contribution < 1.29 is 4.39 Å². The second kappa shape index (κ2) is 3.53. The molecule has 2 unspecified atom stereocenters. The van der Waals surface area contributed by atoms with E-state index in [-0.39, 0.29) is 0 Å². The van der Waals surface area contributed by atoms with E-state index in [4.69, 9.17) is 0 Å².